The smallest absolute Gasteiger partial charge is 0.292 e. The van der Waals surface area contributed by atoms with Gasteiger partial charge in [-0.05, 0) is 26.3 Å². The van der Waals surface area contributed by atoms with E-state index in [0.29, 0.717) is 23.1 Å². The van der Waals surface area contributed by atoms with E-state index < -0.39 is 27.1 Å². The fourth-order valence-corrected chi connectivity index (χ4v) is 5.22. The lowest BCUT2D eigenvalue weighted by molar-refractivity contribution is -0.118. The SMILES string of the molecule is Cc1[nH]c2ccccc2c1C(=O)C(=O)N[C@]1(C)CCS(=O)(=O)C1. The molecule has 0 unspecified atom stereocenters. The lowest BCUT2D eigenvalue weighted by atomic mass is 10.00. The van der Waals surface area contributed by atoms with Gasteiger partial charge in [0.05, 0.1) is 22.6 Å². The van der Waals surface area contributed by atoms with Crippen molar-refractivity contribution in [2.75, 3.05) is 11.5 Å². The lowest BCUT2D eigenvalue weighted by Crippen LogP contribution is -2.49. The molecule has 0 aliphatic carbocycles. The number of aryl methyl sites for hydroxylation is 1. The van der Waals surface area contributed by atoms with E-state index in [0.717, 1.165) is 5.52 Å². The minimum atomic E-state index is -3.15. The molecule has 1 aliphatic heterocycles. The molecule has 0 radical (unpaired) electrons. The van der Waals surface area contributed by atoms with Gasteiger partial charge in [-0.25, -0.2) is 8.42 Å². The quantitative estimate of drug-likeness (QED) is 0.654. The second-order valence-corrected chi connectivity index (χ2v) is 8.54. The zero-order valence-electron chi connectivity index (χ0n) is 13.0. The molecule has 2 aromatic rings. The highest BCUT2D eigenvalue weighted by atomic mass is 32.2. The summed E-state index contributed by atoms with van der Waals surface area (Å²) in [5.41, 5.74) is 0.861. The van der Waals surface area contributed by atoms with E-state index in [1.54, 1.807) is 26.0 Å². The maximum Gasteiger partial charge on any atom is 0.292 e. The first-order valence-corrected chi connectivity index (χ1v) is 9.17. The van der Waals surface area contributed by atoms with Crippen LogP contribution in [0.25, 0.3) is 10.9 Å². The lowest BCUT2D eigenvalue weighted by Gasteiger charge is -2.23. The summed E-state index contributed by atoms with van der Waals surface area (Å²) in [5.74, 6) is -1.52. The maximum atomic E-state index is 12.6. The van der Waals surface area contributed by atoms with Crippen LogP contribution < -0.4 is 5.32 Å². The molecule has 7 heteroatoms. The van der Waals surface area contributed by atoms with Gasteiger partial charge in [0.2, 0.25) is 0 Å². The van der Waals surface area contributed by atoms with E-state index >= 15 is 0 Å². The van der Waals surface area contributed by atoms with Crippen molar-refractivity contribution in [1.29, 1.82) is 0 Å². The second kappa shape index (κ2) is 5.19. The fraction of sp³-hybridized carbons (Fsp3) is 0.375. The number of nitrogens with one attached hydrogen (secondary N) is 2. The topological polar surface area (TPSA) is 96.1 Å². The van der Waals surface area contributed by atoms with Gasteiger partial charge in [-0.3, -0.25) is 9.59 Å². The zero-order valence-corrected chi connectivity index (χ0v) is 13.8. The third-order valence-electron chi connectivity index (χ3n) is 4.25. The van der Waals surface area contributed by atoms with Crippen LogP contribution in [0.4, 0.5) is 0 Å². The average Bonchev–Trinajstić information content (AvgIpc) is 2.93. The molecular formula is C16H18N2O4S. The van der Waals surface area contributed by atoms with Crippen molar-refractivity contribution in [1.82, 2.24) is 10.3 Å². The Labute approximate surface area is 134 Å². The van der Waals surface area contributed by atoms with Gasteiger partial charge in [-0.1, -0.05) is 18.2 Å². The van der Waals surface area contributed by atoms with E-state index in [9.17, 15) is 18.0 Å². The van der Waals surface area contributed by atoms with Crippen LogP contribution in [-0.2, 0) is 14.6 Å². The molecule has 1 fully saturated rings. The van der Waals surface area contributed by atoms with Crippen molar-refractivity contribution >= 4 is 32.4 Å². The Kier molecular flexibility index (Phi) is 3.55. The summed E-state index contributed by atoms with van der Waals surface area (Å²) < 4.78 is 23.2. The Hall–Kier alpha value is -2.15. The summed E-state index contributed by atoms with van der Waals surface area (Å²) in [5, 5.41) is 3.30. The highest BCUT2D eigenvalue weighted by Crippen LogP contribution is 2.25. The van der Waals surface area contributed by atoms with E-state index in [-0.39, 0.29) is 11.5 Å². The van der Waals surface area contributed by atoms with Gasteiger partial charge in [-0.2, -0.15) is 0 Å². The molecule has 0 bridgehead atoms. The molecule has 3 rings (SSSR count). The number of aromatic nitrogens is 1. The predicted octanol–water partition coefficient (Wildman–Crippen LogP) is 1.35. The number of Topliss-reactive ketones (excluding diaryl/α,β-unsaturated/α-hetero) is 1. The van der Waals surface area contributed by atoms with Gasteiger partial charge in [0.1, 0.15) is 0 Å². The Morgan fingerprint density at radius 3 is 2.61 bits per heavy atom. The van der Waals surface area contributed by atoms with Crippen molar-refractivity contribution in [3.05, 3.63) is 35.5 Å². The number of carbonyl (C=O) groups is 2. The fourth-order valence-electron chi connectivity index (χ4n) is 3.12. The summed E-state index contributed by atoms with van der Waals surface area (Å²) in [6.45, 7) is 3.40. The largest absolute Gasteiger partial charge is 0.358 e. The van der Waals surface area contributed by atoms with Crippen LogP contribution in [-0.4, -0.2) is 42.1 Å². The maximum absolute atomic E-state index is 12.6. The van der Waals surface area contributed by atoms with Crippen molar-refractivity contribution in [2.45, 2.75) is 25.8 Å². The Morgan fingerprint density at radius 2 is 1.96 bits per heavy atom. The zero-order chi connectivity index (χ0) is 16.8. The summed E-state index contributed by atoms with van der Waals surface area (Å²) >= 11 is 0. The number of para-hydroxylation sites is 1. The third-order valence-corrected chi connectivity index (χ3v) is 6.15. The van der Waals surface area contributed by atoms with Crippen LogP contribution in [0.3, 0.4) is 0 Å². The minimum absolute atomic E-state index is 0.0318. The van der Waals surface area contributed by atoms with Crippen LogP contribution in [0, 0.1) is 6.92 Å². The second-order valence-electron chi connectivity index (χ2n) is 6.36. The van der Waals surface area contributed by atoms with Gasteiger partial charge in [0, 0.05) is 16.6 Å². The molecule has 2 N–H and O–H groups in total. The number of hydrogen-bond acceptors (Lipinski definition) is 4. The van der Waals surface area contributed by atoms with Crippen molar-refractivity contribution < 1.29 is 18.0 Å². The molecule has 2 heterocycles. The molecule has 1 aromatic carbocycles. The van der Waals surface area contributed by atoms with Crippen LogP contribution in [0.1, 0.15) is 29.4 Å². The number of sulfone groups is 1. The van der Waals surface area contributed by atoms with E-state index in [1.807, 2.05) is 12.1 Å². The van der Waals surface area contributed by atoms with E-state index in [1.165, 1.54) is 0 Å². The Balaban J connectivity index is 1.88. The number of benzene rings is 1. The Morgan fingerprint density at radius 1 is 1.26 bits per heavy atom. The highest BCUT2D eigenvalue weighted by Gasteiger charge is 2.40. The standard InChI is InChI=1S/C16H18N2O4S/c1-10-13(11-5-3-4-6-12(11)17-10)14(19)15(20)18-16(2)7-8-23(21,22)9-16/h3-6,17H,7-9H2,1-2H3,(H,18,20)/t16-/m1/s1. The molecule has 1 atom stereocenters. The van der Waals surface area contributed by atoms with Crippen LogP contribution in [0.5, 0.6) is 0 Å². The summed E-state index contributed by atoms with van der Waals surface area (Å²) in [6.07, 6.45) is 0.321. The van der Waals surface area contributed by atoms with Crippen molar-refractivity contribution in [3.63, 3.8) is 0 Å². The molecule has 1 aliphatic rings. The average molecular weight is 334 g/mol. The van der Waals surface area contributed by atoms with Crippen LogP contribution in [0.2, 0.25) is 0 Å². The van der Waals surface area contributed by atoms with Crippen LogP contribution in [0.15, 0.2) is 24.3 Å². The molecule has 6 nitrogen and oxygen atoms in total. The van der Waals surface area contributed by atoms with Gasteiger partial charge in [0.15, 0.2) is 9.84 Å². The van der Waals surface area contributed by atoms with E-state index in [4.69, 9.17) is 0 Å². The first-order chi connectivity index (χ1) is 10.7. The number of aromatic amines is 1. The molecule has 0 saturated carbocycles. The molecule has 1 amide bonds. The molecular weight excluding hydrogens is 316 g/mol. The highest BCUT2D eigenvalue weighted by molar-refractivity contribution is 7.91. The number of fused-ring (bicyclic) bond motifs is 1. The number of hydrogen-bond donors (Lipinski definition) is 2. The predicted molar refractivity (Wildman–Crippen MR) is 87.2 cm³/mol. The first kappa shape index (κ1) is 15.7. The van der Waals surface area contributed by atoms with E-state index in [2.05, 4.69) is 10.3 Å². The number of H-pyrrole nitrogens is 1. The van der Waals surface area contributed by atoms with Gasteiger partial charge in [-0.15, -0.1) is 0 Å². The normalized spacial score (nSPS) is 23.0. The van der Waals surface area contributed by atoms with Crippen LogP contribution >= 0.6 is 0 Å². The first-order valence-electron chi connectivity index (χ1n) is 7.35. The summed E-state index contributed by atoms with van der Waals surface area (Å²) in [6, 6.07) is 7.26. The minimum Gasteiger partial charge on any atom is -0.358 e. The number of rotatable bonds is 3. The molecule has 122 valence electrons. The third kappa shape index (κ3) is 2.88. The van der Waals surface area contributed by atoms with Gasteiger partial charge in [0.25, 0.3) is 11.7 Å². The number of carbonyl (C=O) groups excluding carboxylic acids is 2. The number of amides is 1. The van der Waals surface area contributed by atoms with Gasteiger partial charge >= 0.3 is 0 Å². The Bertz CT molecular complexity index is 913. The molecule has 1 aromatic heterocycles. The van der Waals surface area contributed by atoms with Crippen molar-refractivity contribution in [3.8, 4) is 0 Å². The molecule has 0 spiro atoms. The summed E-state index contributed by atoms with van der Waals surface area (Å²) in [7, 11) is -3.15. The molecule has 1 saturated heterocycles. The van der Waals surface area contributed by atoms with Crippen molar-refractivity contribution in [2.24, 2.45) is 0 Å². The molecule has 23 heavy (non-hydrogen) atoms. The monoisotopic (exact) mass is 334 g/mol. The summed E-state index contributed by atoms with van der Waals surface area (Å²) in [4.78, 5) is 28.0. The van der Waals surface area contributed by atoms with Gasteiger partial charge < -0.3 is 10.3 Å². The number of ketones is 1.